The first-order valence-electron chi connectivity index (χ1n) is 8.60. The van der Waals surface area contributed by atoms with Crippen LogP contribution in [0.3, 0.4) is 0 Å². The molecule has 0 fully saturated rings. The summed E-state index contributed by atoms with van der Waals surface area (Å²) in [4.78, 5) is 15.2. The van der Waals surface area contributed by atoms with Crippen LogP contribution in [0.25, 0.3) is 27.8 Å². The highest BCUT2D eigenvalue weighted by atomic mass is 16.2. The molecule has 3 heterocycles. The molecule has 0 saturated carbocycles. The van der Waals surface area contributed by atoms with Crippen molar-refractivity contribution in [3.05, 3.63) is 30.3 Å². The number of hydrogen-bond acceptors (Lipinski definition) is 7. The maximum absolute atomic E-state index is 12.1. The molecule has 1 aliphatic heterocycles. The fourth-order valence-corrected chi connectivity index (χ4v) is 3.24. The summed E-state index contributed by atoms with van der Waals surface area (Å²) < 4.78 is 3.40. The number of hydrogen-bond donors (Lipinski definition) is 0. The molecule has 0 bridgehead atoms. The highest BCUT2D eigenvalue weighted by Gasteiger charge is 2.21. The van der Waals surface area contributed by atoms with E-state index in [0.29, 0.717) is 11.0 Å². The van der Waals surface area contributed by atoms with Crippen molar-refractivity contribution in [2.75, 3.05) is 21.1 Å². The van der Waals surface area contributed by atoms with Crippen molar-refractivity contribution in [3.8, 4) is 5.69 Å². The molecular weight excluding hydrogens is 360 g/mol. The summed E-state index contributed by atoms with van der Waals surface area (Å²) in [5.41, 5.74) is 5.31. The van der Waals surface area contributed by atoms with Crippen molar-refractivity contribution in [1.29, 1.82) is 0 Å². The van der Waals surface area contributed by atoms with Gasteiger partial charge in [-0.1, -0.05) is 16.5 Å². The van der Waals surface area contributed by atoms with Crippen molar-refractivity contribution >= 4 is 39.5 Å². The molecule has 140 valence electrons. The van der Waals surface area contributed by atoms with Crippen LogP contribution < -0.4 is 0 Å². The van der Waals surface area contributed by atoms with Gasteiger partial charge in [0.1, 0.15) is 29.1 Å². The normalized spacial score (nSPS) is 12.2. The fraction of sp³-hybridized carbons (Fsp3) is 0.235. The van der Waals surface area contributed by atoms with Crippen LogP contribution in [0.2, 0.25) is 0 Å². The molecule has 0 saturated heterocycles. The predicted octanol–water partition coefficient (Wildman–Crippen LogP) is 2.46. The highest BCUT2D eigenvalue weighted by molar-refractivity contribution is 5.96. The number of azo groups is 1. The predicted molar refractivity (Wildman–Crippen MR) is 101 cm³/mol. The van der Waals surface area contributed by atoms with Crippen LogP contribution in [0.5, 0.6) is 0 Å². The maximum atomic E-state index is 12.1. The number of fused-ring (bicyclic) bond motifs is 4. The number of amides is 2. The van der Waals surface area contributed by atoms with E-state index in [1.54, 1.807) is 35.4 Å². The van der Waals surface area contributed by atoms with Gasteiger partial charge in [0, 0.05) is 21.1 Å². The molecule has 0 atom stereocenters. The van der Waals surface area contributed by atoms with E-state index < -0.39 is 0 Å². The summed E-state index contributed by atoms with van der Waals surface area (Å²) in [6.07, 6.45) is 0. The average Bonchev–Trinajstić information content (AvgIpc) is 3.25. The second-order valence-corrected chi connectivity index (χ2v) is 6.75. The monoisotopic (exact) mass is 376 g/mol. The van der Waals surface area contributed by atoms with Gasteiger partial charge in [0.05, 0.1) is 16.7 Å². The smallest absolute Gasteiger partial charge is 0.320 e. The number of nitrogens with zero attached hydrogens (tertiary/aromatic N) is 10. The standard InChI is InChI=1S/C17H16N10O/c1-24(2)17(28)25(3)9-26-11-5-4-6-12(15(11)20-22-26)27-13-8-7-10-14(19-18-10)16(13)21-23-27/h4-8H,9H2,1-3H3. The van der Waals surface area contributed by atoms with Gasteiger partial charge >= 0.3 is 6.03 Å². The molecule has 0 aliphatic carbocycles. The van der Waals surface area contributed by atoms with E-state index in [1.165, 1.54) is 4.90 Å². The molecule has 28 heavy (non-hydrogen) atoms. The van der Waals surface area contributed by atoms with Gasteiger partial charge in [0.2, 0.25) is 0 Å². The number of carbonyl (C=O) groups is 1. The Balaban J connectivity index is 1.58. The van der Waals surface area contributed by atoms with E-state index in [-0.39, 0.29) is 12.7 Å². The Morgan fingerprint density at radius 1 is 0.964 bits per heavy atom. The lowest BCUT2D eigenvalue weighted by atomic mass is 10.2. The van der Waals surface area contributed by atoms with E-state index in [2.05, 4.69) is 30.9 Å². The molecule has 1 aliphatic rings. The number of urea groups is 1. The SMILES string of the molecule is CN(C)C(=O)N(C)Cn1nnc2c(-n3nnc4c5c(ccc43)N=N5)cccc21. The summed E-state index contributed by atoms with van der Waals surface area (Å²) in [5.74, 6) is 0. The third-order valence-corrected chi connectivity index (χ3v) is 4.64. The number of carbonyl (C=O) groups excluding carboxylic acids is 1. The van der Waals surface area contributed by atoms with Gasteiger partial charge in [-0.15, -0.1) is 20.4 Å². The van der Waals surface area contributed by atoms with Gasteiger partial charge in [-0.2, -0.15) is 0 Å². The Hall–Kier alpha value is -3.89. The number of benzene rings is 2. The molecule has 0 N–H and O–H groups in total. The zero-order valence-corrected chi connectivity index (χ0v) is 15.5. The van der Waals surface area contributed by atoms with Crippen LogP contribution in [0.4, 0.5) is 16.2 Å². The summed E-state index contributed by atoms with van der Waals surface area (Å²) in [7, 11) is 5.14. The Kier molecular flexibility index (Phi) is 3.38. The first kappa shape index (κ1) is 16.3. The summed E-state index contributed by atoms with van der Waals surface area (Å²) in [6.45, 7) is 0.281. The van der Waals surface area contributed by atoms with E-state index in [1.807, 2.05) is 30.3 Å². The van der Waals surface area contributed by atoms with E-state index in [9.17, 15) is 4.79 Å². The second-order valence-electron chi connectivity index (χ2n) is 6.75. The molecule has 4 aromatic rings. The van der Waals surface area contributed by atoms with Crippen LogP contribution in [-0.4, -0.2) is 67.0 Å². The Morgan fingerprint density at radius 3 is 2.54 bits per heavy atom. The summed E-state index contributed by atoms with van der Waals surface area (Å²) >= 11 is 0. The fourth-order valence-electron chi connectivity index (χ4n) is 3.24. The second kappa shape index (κ2) is 5.81. The lowest BCUT2D eigenvalue weighted by molar-refractivity contribution is 0.167. The average molecular weight is 376 g/mol. The molecule has 2 aromatic carbocycles. The molecule has 11 heteroatoms. The van der Waals surface area contributed by atoms with Crippen molar-refractivity contribution in [2.24, 2.45) is 10.2 Å². The van der Waals surface area contributed by atoms with Crippen molar-refractivity contribution in [2.45, 2.75) is 6.67 Å². The van der Waals surface area contributed by atoms with Crippen LogP contribution in [0.1, 0.15) is 0 Å². The van der Waals surface area contributed by atoms with E-state index in [4.69, 9.17) is 0 Å². The number of rotatable bonds is 3. The molecule has 0 spiro atoms. The minimum absolute atomic E-state index is 0.117. The Morgan fingerprint density at radius 2 is 1.79 bits per heavy atom. The first-order valence-corrected chi connectivity index (χ1v) is 8.60. The van der Waals surface area contributed by atoms with Crippen molar-refractivity contribution < 1.29 is 4.79 Å². The maximum Gasteiger partial charge on any atom is 0.320 e. The summed E-state index contributed by atoms with van der Waals surface area (Å²) in [6, 6.07) is 9.41. The molecular formula is C17H16N10O. The topological polar surface area (TPSA) is 110 Å². The minimum atomic E-state index is -0.117. The zero-order valence-electron chi connectivity index (χ0n) is 15.5. The van der Waals surface area contributed by atoms with E-state index in [0.717, 1.165) is 28.1 Å². The molecule has 0 unspecified atom stereocenters. The van der Waals surface area contributed by atoms with Crippen LogP contribution in [-0.2, 0) is 6.67 Å². The molecule has 5 rings (SSSR count). The van der Waals surface area contributed by atoms with Crippen LogP contribution in [0.15, 0.2) is 40.6 Å². The van der Waals surface area contributed by atoms with E-state index >= 15 is 0 Å². The minimum Gasteiger partial charge on any atom is -0.331 e. The molecule has 2 amide bonds. The molecule has 0 radical (unpaired) electrons. The van der Waals surface area contributed by atoms with Gasteiger partial charge in [-0.3, -0.25) is 0 Å². The van der Waals surface area contributed by atoms with Gasteiger partial charge in [0.25, 0.3) is 0 Å². The van der Waals surface area contributed by atoms with Gasteiger partial charge in [-0.05, 0) is 24.3 Å². The lowest BCUT2D eigenvalue weighted by Gasteiger charge is -2.21. The molecule has 11 nitrogen and oxygen atoms in total. The lowest BCUT2D eigenvalue weighted by Crippen LogP contribution is -2.37. The Bertz CT molecular complexity index is 1270. The molecule has 2 aromatic heterocycles. The zero-order chi connectivity index (χ0) is 19.4. The van der Waals surface area contributed by atoms with Gasteiger partial charge in [-0.25, -0.2) is 14.2 Å². The largest absolute Gasteiger partial charge is 0.331 e. The highest BCUT2D eigenvalue weighted by Crippen LogP contribution is 2.42. The Labute approximate surface area is 158 Å². The van der Waals surface area contributed by atoms with Crippen LogP contribution in [0, 0.1) is 0 Å². The quantitative estimate of drug-likeness (QED) is 0.480. The van der Waals surface area contributed by atoms with Gasteiger partial charge < -0.3 is 9.80 Å². The first-order chi connectivity index (χ1) is 13.5. The third kappa shape index (κ3) is 2.25. The number of aromatic nitrogens is 6. The van der Waals surface area contributed by atoms with Crippen molar-refractivity contribution in [3.63, 3.8) is 0 Å². The van der Waals surface area contributed by atoms with Crippen molar-refractivity contribution in [1.82, 2.24) is 39.8 Å². The van der Waals surface area contributed by atoms with Crippen LogP contribution >= 0.6 is 0 Å². The summed E-state index contributed by atoms with van der Waals surface area (Å²) in [5, 5.41) is 25.1. The van der Waals surface area contributed by atoms with Gasteiger partial charge in [0.15, 0.2) is 0 Å². The third-order valence-electron chi connectivity index (χ3n) is 4.64.